The topological polar surface area (TPSA) is 62.3 Å². The van der Waals surface area contributed by atoms with Crippen molar-refractivity contribution in [3.63, 3.8) is 0 Å². The normalized spacial score (nSPS) is 10.4. The summed E-state index contributed by atoms with van der Waals surface area (Å²) in [5.74, 6) is -0.448. The van der Waals surface area contributed by atoms with Crippen LogP contribution in [0.2, 0.25) is 5.02 Å². The van der Waals surface area contributed by atoms with Gasteiger partial charge in [-0.1, -0.05) is 35.9 Å². The van der Waals surface area contributed by atoms with Crippen LogP contribution in [0, 0.1) is 0 Å². The molecule has 5 nitrogen and oxygen atoms in total. The minimum Gasteiger partial charge on any atom is -0.319 e. The molecule has 0 aliphatic heterocycles. The van der Waals surface area contributed by atoms with E-state index in [0.717, 1.165) is 10.6 Å². The van der Waals surface area contributed by atoms with Crippen LogP contribution in [0.25, 0.3) is 10.6 Å². The molecule has 0 aliphatic carbocycles. The summed E-state index contributed by atoms with van der Waals surface area (Å²) in [5.41, 5.74) is 2.40. The van der Waals surface area contributed by atoms with E-state index in [1.807, 2.05) is 18.2 Å². The Hall–Kier alpha value is -2.70. The summed E-state index contributed by atoms with van der Waals surface area (Å²) < 4.78 is 0. The number of amides is 2. The Morgan fingerprint density at radius 2 is 1.81 bits per heavy atom. The molecule has 7 heteroatoms. The maximum absolute atomic E-state index is 12.6. The Morgan fingerprint density at radius 1 is 1.12 bits per heavy atom. The number of para-hydroxylation sites is 2. The summed E-state index contributed by atoms with van der Waals surface area (Å²) in [6, 6.07) is 14.4. The smallest absolute Gasteiger partial charge is 0.275 e. The molecule has 0 radical (unpaired) electrons. The highest BCUT2D eigenvalue weighted by Crippen LogP contribution is 2.27. The molecule has 0 atom stereocenters. The standard InChI is InChI=1S/C19H16ClN3O2S/c1-12(24)23(2)17-6-4-3-5-15(17)21-18(25)16-11-26-19(22-16)13-7-9-14(20)10-8-13/h3-11H,1-2H3,(H,21,25). The van der Waals surface area contributed by atoms with Crippen LogP contribution >= 0.6 is 22.9 Å². The summed E-state index contributed by atoms with van der Waals surface area (Å²) in [5, 5.41) is 5.92. The first kappa shape index (κ1) is 18.1. The zero-order valence-corrected chi connectivity index (χ0v) is 15.8. The zero-order valence-electron chi connectivity index (χ0n) is 14.2. The maximum Gasteiger partial charge on any atom is 0.275 e. The molecule has 2 aromatic carbocycles. The average molecular weight is 386 g/mol. The van der Waals surface area contributed by atoms with E-state index < -0.39 is 0 Å². The number of nitrogens with one attached hydrogen (secondary N) is 1. The average Bonchev–Trinajstić information content (AvgIpc) is 3.12. The number of nitrogens with zero attached hydrogens (tertiary/aromatic N) is 2. The number of aromatic nitrogens is 1. The second-order valence-electron chi connectivity index (χ2n) is 5.59. The van der Waals surface area contributed by atoms with E-state index in [1.165, 1.54) is 23.2 Å². The minimum atomic E-state index is -0.328. The van der Waals surface area contributed by atoms with E-state index in [1.54, 1.807) is 42.8 Å². The van der Waals surface area contributed by atoms with Gasteiger partial charge in [-0.15, -0.1) is 11.3 Å². The molecule has 0 fully saturated rings. The lowest BCUT2D eigenvalue weighted by molar-refractivity contribution is -0.116. The van der Waals surface area contributed by atoms with Crippen molar-refractivity contribution in [1.82, 2.24) is 4.98 Å². The first-order chi connectivity index (χ1) is 12.5. The molecule has 26 heavy (non-hydrogen) atoms. The Morgan fingerprint density at radius 3 is 2.50 bits per heavy atom. The monoisotopic (exact) mass is 385 g/mol. The molecule has 1 aromatic heterocycles. The molecule has 3 aromatic rings. The molecule has 0 bridgehead atoms. The Bertz CT molecular complexity index is 953. The van der Waals surface area contributed by atoms with E-state index >= 15 is 0 Å². The molecule has 132 valence electrons. The largest absolute Gasteiger partial charge is 0.319 e. The van der Waals surface area contributed by atoms with Gasteiger partial charge >= 0.3 is 0 Å². The fraction of sp³-hybridized carbons (Fsp3) is 0.105. The number of carbonyl (C=O) groups is 2. The first-order valence-corrected chi connectivity index (χ1v) is 9.07. The molecule has 0 spiro atoms. The van der Waals surface area contributed by atoms with Gasteiger partial charge in [-0.25, -0.2) is 4.98 Å². The number of benzene rings is 2. The van der Waals surface area contributed by atoms with Gasteiger partial charge in [-0.2, -0.15) is 0 Å². The van der Waals surface area contributed by atoms with Crippen molar-refractivity contribution in [3.05, 3.63) is 64.6 Å². The van der Waals surface area contributed by atoms with Gasteiger partial charge in [0.05, 0.1) is 11.4 Å². The zero-order chi connectivity index (χ0) is 18.7. The van der Waals surface area contributed by atoms with Gasteiger partial charge in [0.25, 0.3) is 5.91 Å². The molecule has 3 rings (SSSR count). The van der Waals surface area contributed by atoms with Crippen molar-refractivity contribution in [2.24, 2.45) is 0 Å². The highest BCUT2D eigenvalue weighted by atomic mass is 35.5. The summed E-state index contributed by atoms with van der Waals surface area (Å²) >= 11 is 7.28. The van der Waals surface area contributed by atoms with Gasteiger partial charge in [-0.05, 0) is 24.3 Å². The Kier molecular flexibility index (Phi) is 5.35. The fourth-order valence-corrected chi connectivity index (χ4v) is 3.26. The van der Waals surface area contributed by atoms with E-state index in [2.05, 4.69) is 10.3 Å². The highest BCUT2D eigenvalue weighted by Gasteiger charge is 2.16. The van der Waals surface area contributed by atoms with Crippen LogP contribution in [0.1, 0.15) is 17.4 Å². The van der Waals surface area contributed by atoms with Crippen LogP contribution < -0.4 is 10.2 Å². The third-order valence-electron chi connectivity index (χ3n) is 3.81. The van der Waals surface area contributed by atoms with Crippen molar-refractivity contribution < 1.29 is 9.59 Å². The number of anilines is 2. The van der Waals surface area contributed by atoms with Crippen LogP contribution in [0.15, 0.2) is 53.9 Å². The Labute approximate surface area is 160 Å². The first-order valence-electron chi connectivity index (χ1n) is 7.82. The van der Waals surface area contributed by atoms with Crippen LogP contribution in [0.5, 0.6) is 0 Å². The van der Waals surface area contributed by atoms with Crippen molar-refractivity contribution in [2.75, 3.05) is 17.3 Å². The van der Waals surface area contributed by atoms with E-state index in [4.69, 9.17) is 11.6 Å². The summed E-state index contributed by atoms with van der Waals surface area (Å²) in [7, 11) is 1.66. The molecule has 1 heterocycles. The molecule has 2 amide bonds. The molecule has 1 N–H and O–H groups in total. The number of rotatable bonds is 4. The fourth-order valence-electron chi connectivity index (χ4n) is 2.33. The molecule has 0 saturated heterocycles. The summed E-state index contributed by atoms with van der Waals surface area (Å²) in [6.07, 6.45) is 0. The Balaban J connectivity index is 1.82. The van der Waals surface area contributed by atoms with Gasteiger partial charge in [-0.3, -0.25) is 9.59 Å². The van der Waals surface area contributed by atoms with Crippen molar-refractivity contribution in [3.8, 4) is 10.6 Å². The SMILES string of the molecule is CC(=O)N(C)c1ccccc1NC(=O)c1csc(-c2ccc(Cl)cc2)n1. The van der Waals surface area contributed by atoms with Crippen molar-refractivity contribution in [1.29, 1.82) is 0 Å². The van der Waals surface area contributed by atoms with Gasteiger partial charge in [0, 0.05) is 29.9 Å². The second kappa shape index (κ2) is 7.68. The molecule has 0 saturated carbocycles. The van der Waals surface area contributed by atoms with Gasteiger partial charge in [0.15, 0.2) is 0 Å². The molecule has 0 unspecified atom stereocenters. The van der Waals surface area contributed by atoms with Gasteiger partial charge in [0.1, 0.15) is 10.7 Å². The lowest BCUT2D eigenvalue weighted by Gasteiger charge is -2.19. The third kappa shape index (κ3) is 3.92. The number of hydrogen-bond donors (Lipinski definition) is 1. The van der Waals surface area contributed by atoms with Gasteiger partial charge in [0.2, 0.25) is 5.91 Å². The van der Waals surface area contributed by atoms with Crippen LogP contribution in [0.3, 0.4) is 0 Å². The van der Waals surface area contributed by atoms with E-state index in [9.17, 15) is 9.59 Å². The molecule has 0 aliphatic rings. The lowest BCUT2D eigenvalue weighted by atomic mass is 10.2. The predicted molar refractivity (Wildman–Crippen MR) is 106 cm³/mol. The third-order valence-corrected chi connectivity index (χ3v) is 4.96. The highest BCUT2D eigenvalue weighted by molar-refractivity contribution is 7.13. The van der Waals surface area contributed by atoms with E-state index in [0.29, 0.717) is 22.1 Å². The summed E-state index contributed by atoms with van der Waals surface area (Å²) in [4.78, 5) is 30.1. The maximum atomic E-state index is 12.6. The van der Waals surface area contributed by atoms with Crippen LogP contribution in [-0.2, 0) is 4.79 Å². The minimum absolute atomic E-state index is 0.120. The number of thiazole rings is 1. The second-order valence-corrected chi connectivity index (χ2v) is 6.89. The number of halogens is 1. The predicted octanol–water partition coefficient (Wildman–Crippen LogP) is 4.70. The lowest BCUT2D eigenvalue weighted by Crippen LogP contribution is -2.24. The number of carbonyl (C=O) groups excluding carboxylic acids is 2. The molecular weight excluding hydrogens is 370 g/mol. The van der Waals surface area contributed by atoms with Crippen LogP contribution in [0.4, 0.5) is 11.4 Å². The summed E-state index contributed by atoms with van der Waals surface area (Å²) in [6.45, 7) is 1.47. The van der Waals surface area contributed by atoms with Crippen molar-refractivity contribution >= 4 is 46.1 Å². The van der Waals surface area contributed by atoms with Crippen LogP contribution in [-0.4, -0.2) is 23.8 Å². The quantitative estimate of drug-likeness (QED) is 0.708. The molecular formula is C19H16ClN3O2S. The van der Waals surface area contributed by atoms with Gasteiger partial charge < -0.3 is 10.2 Å². The van der Waals surface area contributed by atoms with E-state index in [-0.39, 0.29) is 11.8 Å². The van der Waals surface area contributed by atoms with Crippen molar-refractivity contribution in [2.45, 2.75) is 6.92 Å². The number of hydrogen-bond acceptors (Lipinski definition) is 4.